The lowest BCUT2D eigenvalue weighted by molar-refractivity contribution is 0.289. The minimum absolute atomic E-state index is 0.0666. The number of anilines is 1. The van der Waals surface area contributed by atoms with E-state index in [1.807, 2.05) is 32.7 Å². The van der Waals surface area contributed by atoms with E-state index >= 15 is 0 Å². The Bertz CT molecular complexity index is 1740. The quantitative estimate of drug-likeness (QED) is 0.302. The van der Waals surface area contributed by atoms with Crippen molar-refractivity contribution in [2.24, 2.45) is 0 Å². The van der Waals surface area contributed by atoms with Crippen molar-refractivity contribution in [2.75, 3.05) is 11.9 Å². The fourth-order valence-corrected chi connectivity index (χ4v) is 4.55. The molecule has 0 unspecified atom stereocenters. The minimum Gasteiger partial charge on any atom is -0.473 e. The molecule has 10 nitrogen and oxygen atoms in total. The molecule has 0 aliphatic carbocycles. The highest BCUT2D eigenvalue weighted by atomic mass is 32.2. The largest absolute Gasteiger partial charge is 0.473 e. The molecule has 0 radical (unpaired) electrons. The summed E-state index contributed by atoms with van der Waals surface area (Å²) in [5.41, 5.74) is 1.28. The number of aromatic nitrogens is 3. The molecule has 0 amide bonds. The third-order valence-electron chi connectivity index (χ3n) is 6.63. The molecule has 1 N–H and O–H groups in total. The second-order valence-electron chi connectivity index (χ2n) is 10.4. The van der Waals surface area contributed by atoms with Crippen molar-refractivity contribution >= 4 is 15.9 Å². The number of benzene rings is 2. The van der Waals surface area contributed by atoms with Crippen molar-refractivity contribution in [3.05, 3.63) is 99.7 Å². The summed E-state index contributed by atoms with van der Waals surface area (Å²) < 4.78 is 70.9. The van der Waals surface area contributed by atoms with Crippen LogP contribution in [0.4, 0.5) is 14.6 Å². The Hall–Kier alpha value is -4.36. The SMILES string of the molecule is Cc1ccc(Oc2c(F)cc(COc3cc4n(c(=O)n3)CC(C)(C)N4C)cc2F)cn1.Cc1ccc(S(=O)(=O)O)cc1. The van der Waals surface area contributed by atoms with Crippen LogP contribution >= 0.6 is 0 Å². The van der Waals surface area contributed by atoms with Crippen molar-refractivity contribution < 1.29 is 31.2 Å². The van der Waals surface area contributed by atoms with Crippen molar-refractivity contribution in [1.29, 1.82) is 0 Å². The molecule has 0 saturated carbocycles. The van der Waals surface area contributed by atoms with Gasteiger partial charge in [0.2, 0.25) is 5.88 Å². The zero-order valence-electron chi connectivity index (χ0n) is 23.6. The molecule has 3 heterocycles. The summed E-state index contributed by atoms with van der Waals surface area (Å²) in [7, 11) is -2.14. The molecule has 4 aromatic rings. The van der Waals surface area contributed by atoms with Gasteiger partial charge in [0.05, 0.1) is 23.2 Å². The van der Waals surface area contributed by atoms with Gasteiger partial charge in [-0.1, -0.05) is 17.7 Å². The normalized spacial score (nSPS) is 13.7. The highest BCUT2D eigenvalue weighted by molar-refractivity contribution is 7.85. The van der Waals surface area contributed by atoms with E-state index in [1.54, 1.807) is 41.8 Å². The molecule has 0 atom stereocenters. The van der Waals surface area contributed by atoms with Gasteiger partial charge < -0.3 is 14.4 Å². The first-order valence-corrected chi connectivity index (χ1v) is 14.2. The molecular formula is C29H30F2N4O6S. The average Bonchev–Trinajstić information content (AvgIpc) is 3.15. The smallest absolute Gasteiger partial charge is 0.352 e. The maximum absolute atomic E-state index is 14.5. The van der Waals surface area contributed by atoms with Crippen LogP contribution in [0.5, 0.6) is 17.4 Å². The Kier molecular flexibility index (Phi) is 8.64. The van der Waals surface area contributed by atoms with Crippen LogP contribution in [-0.4, -0.2) is 40.1 Å². The summed E-state index contributed by atoms with van der Waals surface area (Å²) in [6.45, 7) is 8.02. The van der Waals surface area contributed by atoms with E-state index in [1.165, 1.54) is 18.3 Å². The second kappa shape index (κ2) is 11.9. The Balaban J connectivity index is 0.000000310. The molecule has 5 rings (SSSR count). The molecule has 222 valence electrons. The van der Waals surface area contributed by atoms with Crippen LogP contribution < -0.4 is 20.1 Å². The van der Waals surface area contributed by atoms with Gasteiger partial charge in [0.1, 0.15) is 18.2 Å². The number of aryl methyl sites for hydroxylation is 2. The van der Waals surface area contributed by atoms with E-state index in [4.69, 9.17) is 14.0 Å². The van der Waals surface area contributed by atoms with Crippen LogP contribution in [0.25, 0.3) is 0 Å². The zero-order valence-corrected chi connectivity index (χ0v) is 24.4. The van der Waals surface area contributed by atoms with Gasteiger partial charge >= 0.3 is 5.69 Å². The molecule has 1 aliphatic rings. The molecule has 0 bridgehead atoms. The lowest BCUT2D eigenvalue weighted by Crippen LogP contribution is -2.38. The van der Waals surface area contributed by atoms with E-state index in [-0.39, 0.29) is 34.2 Å². The molecule has 2 aromatic carbocycles. The van der Waals surface area contributed by atoms with Gasteiger partial charge in [0.25, 0.3) is 10.1 Å². The third-order valence-corrected chi connectivity index (χ3v) is 7.50. The van der Waals surface area contributed by atoms with Crippen LogP contribution in [-0.2, 0) is 23.3 Å². The van der Waals surface area contributed by atoms with E-state index < -0.39 is 33.2 Å². The van der Waals surface area contributed by atoms with E-state index in [2.05, 4.69) is 9.97 Å². The van der Waals surface area contributed by atoms with Gasteiger partial charge in [-0.3, -0.25) is 14.1 Å². The number of hydrogen-bond donors (Lipinski definition) is 1. The molecule has 1 aliphatic heterocycles. The van der Waals surface area contributed by atoms with Crippen molar-refractivity contribution in [2.45, 2.75) is 51.3 Å². The van der Waals surface area contributed by atoms with Gasteiger partial charge in [-0.25, -0.2) is 13.6 Å². The number of fused-ring (bicyclic) bond motifs is 1. The Morgan fingerprint density at radius 3 is 2.24 bits per heavy atom. The maximum Gasteiger partial charge on any atom is 0.352 e. The van der Waals surface area contributed by atoms with Crippen LogP contribution in [0.3, 0.4) is 0 Å². The van der Waals surface area contributed by atoms with Gasteiger partial charge in [-0.05, 0) is 69.7 Å². The Morgan fingerprint density at radius 1 is 1.02 bits per heavy atom. The Morgan fingerprint density at radius 2 is 1.67 bits per heavy atom. The second-order valence-corrected chi connectivity index (χ2v) is 11.8. The van der Waals surface area contributed by atoms with Gasteiger partial charge in [-0.15, -0.1) is 0 Å². The predicted octanol–water partition coefficient (Wildman–Crippen LogP) is 5.07. The maximum atomic E-state index is 14.5. The standard InChI is InChI=1S/C22H22F2N4O3.C7H8O3S/c1-13-5-6-15(10-25-13)31-20-16(23)7-14(8-17(20)24)11-30-18-9-19-27(4)22(2,3)12-28(19)21(29)26-18;1-6-2-4-7(5-3-6)11(8,9)10/h5-10H,11-12H2,1-4H3;2-5H,1H3,(H,8,9,10). The number of ether oxygens (including phenoxy) is 2. The molecule has 2 aromatic heterocycles. The molecule has 0 fully saturated rings. The van der Waals surface area contributed by atoms with Crippen LogP contribution in [0.1, 0.15) is 30.7 Å². The first kappa shape index (κ1) is 30.6. The Labute approximate surface area is 241 Å². The minimum atomic E-state index is -4.02. The number of pyridine rings is 1. The predicted molar refractivity (Wildman–Crippen MR) is 152 cm³/mol. The summed E-state index contributed by atoms with van der Waals surface area (Å²) >= 11 is 0. The number of halogens is 2. The number of hydrogen-bond acceptors (Lipinski definition) is 8. The molecule has 0 spiro atoms. The highest BCUT2D eigenvalue weighted by Gasteiger charge is 2.34. The van der Waals surface area contributed by atoms with Gasteiger partial charge in [0.15, 0.2) is 17.4 Å². The number of nitrogens with zero attached hydrogens (tertiary/aromatic N) is 4. The van der Waals surface area contributed by atoms with E-state index in [0.717, 1.165) is 23.4 Å². The zero-order chi connectivity index (χ0) is 30.8. The van der Waals surface area contributed by atoms with Crippen molar-refractivity contribution in [3.63, 3.8) is 0 Å². The number of rotatable bonds is 6. The van der Waals surface area contributed by atoms with Crippen LogP contribution in [0.2, 0.25) is 0 Å². The van der Waals surface area contributed by atoms with Crippen molar-refractivity contribution in [3.8, 4) is 17.4 Å². The lowest BCUT2D eigenvalue weighted by atomic mass is 10.1. The topological polar surface area (TPSA) is 124 Å². The molecule has 13 heteroatoms. The van der Waals surface area contributed by atoms with E-state index in [0.29, 0.717) is 12.4 Å². The van der Waals surface area contributed by atoms with Crippen LogP contribution in [0.15, 0.2) is 70.5 Å². The molecule has 42 heavy (non-hydrogen) atoms. The molecule has 0 saturated heterocycles. The lowest BCUT2D eigenvalue weighted by Gasteiger charge is -2.28. The third kappa shape index (κ3) is 7.09. The summed E-state index contributed by atoms with van der Waals surface area (Å²) in [5.74, 6) is -1.28. The monoisotopic (exact) mass is 600 g/mol. The van der Waals surface area contributed by atoms with Crippen LogP contribution in [0, 0.1) is 25.5 Å². The fourth-order valence-electron chi connectivity index (χ4n) is 4.07. The van der Waals surface area contributed by atoms with E-state index in [9.17, 15) is 22.0 Å². The average molecular weight is 601 g/mol. The first-order chi connectivity index (χ1) is 19.6. The number of likely N-dealkylation sites (N-methyl/N-ethyl adjacent to an activating group) is 1. The summed E-state index contributed by atoms with van der Waals surface area (Å²) in [6.07, 6.45) is 1.39. The molecular weight excluding hydrogens is 570 g/mol. The summed E-state index contributed by atoms with van der Waals surface area (Å²) in [4.78, 5) is 22.2. The first-order valence-electron chi connectivity index (χ1n) is 12.7. The summed E-state index contributed by atoms with van der Waals surface area (Å²) in [6, 6.07) is 13.1. The highest BCUT2D eigenvalue weighted by Crippen LogP contribution is 2.32. The van der Waals surface area contributed by atoms with Crippen molar-refractivity contribution in [1.82, 2.24) is 14.5 Å². The van der Waals surface area contributed by atoms with Gasteiger partial charge in [0, 0.05) is 18.8 Å². The fraction of sp³-hybridized carbons (Fsp3) is 0.276. The van der Waals surface area contributed by atoms with Gasteiger partial charge in [-0.2, -0.15) is 13.4 Å². The summed E-state index contributed by atoms with van der Waals surface area (Å²) in [5, 5.41) is 0.